The fraction of sp³-hybridized carbons (Fsp3) is 0.600. The van der Waals surface area contributed by atoms with Crippen molar-refractivity contribution in [1.29, 1.82) is 0 Å². The molecule has 2 heterocycles. The van der Waals surface area contributed by atoms with E-state index in [0.717, 1.165) is 39.2 Å². The highest BCUT2D eigenvalue weighted by Gasteiger charge is 2.19. The van der Waals surface area contributed by atoms with Gasteiger partial charge in [-0.2, -0.15) is 0 Å². The van der Waals surface area contributed by atoms with Gasteiger partial charge < -0.3 is 10.1 Å². The highest BCUT2D eigenvalue weighted by Crippen LogP contribution is 2.24. The minimum atomic E-state index is 0.426. The lowest BCUT2D eigenvalue weighted by atomic mass is 10.1. The molecule has 0 spiro atoms. The van der Waals surface area contributed by atoms with Crippen molar-refractivity contribution in [2.24, 2.45) is 0 Å². The Balaban J connectivity index is 1.65. The van der Waals surface area contributed by atoms with Crippen LogP contribution in [0.2, 0.25) is 0 Å². The summed E-state index contributed by atoms with van der Waals surface area (Å²) < 4.78 is 5.72. The number of nitrogens with one attached hydrogen (secondary N) is 1. The second-order valence-electron chi connectivity index (χ2n) is 5.30. The summed E-state index contributed by atoms with van der Waals surface area (Å²) in [6, 6.07) is 6.86. The van der Waals surface area contributed by atoms with Crippen molar-refractivity contribution in [3.8, 4) is 0 Å². The molecule has 3 rings (SSSR count). The van der Waals surface area contributed by atoms with Crippen molar-refractivity contribution in [3.05, 3.63) is 29.3 Å². The van der Waals surface area contributed by atoms with Crippen molar-refractivity contribution in [1.82, 2.24) is 4.90 Å². The summed E-state index contributed by atoms with van der Waals surface area (Å²) in [6.45, 7) is 7.37. The number of fused-ring (bicyclic) bond motifs is 1. The van der Waals surface area contributed by atoms with Gasteiger partial charge in [-0.25, -0.2) is 0 Å². The molecule has 1 atom stereocenters. The molecule has 2 aliphatic rings. The maximum atomic E-state index is 5.72. The lowest BCUT2D eigenvalue weighted by Gasteiger charge is -2.32. The van der Waals surface area contributed by atoms with Gasteiger partial charge in [-0.3, -0.25) is 4.90 Å². The molecule has 3 nitrogen and oxygen atoms in total. The fourth-order valence-electron chi connectivity index (χ4n) is 2.89. The highest BCUT2D eigenvalue weighted by molar-refractivity contribution is 5.56. The van der Waals surface area contributed by atoms with Crippen LogP contribution in [0.1, 0.15) is 24.5 Å². The Labute approximate surface area is 109 Å². The van der Waals surface area contributed by atoms with Crippen LogP contribution in [-0.2, 0) is 17.7 Å². The predicted molar refractivity (Wildman–Crippen MR) is 73.9 cm³/mol. The van der Waals surface area contributed by atoms with E-state index in [0.29, 0.717) is 6.10 Å². The molecule has 0 bridgehead atoms. The van der Waals surface area contributed by atoms with Gasteiger partial charge in [0.25, 0.3) is 0 Å². The van der Waals surface area contributed by atoms with E-state index in [4.69, 9.17) is 4.74 Å². The maximum Gasteiger partial charge on any atom is 0.0700 e. The van der Waals surface area contributed by atoms with Gasteiger partial charge in [0.1, 0.15) is 0 Å². The summed E-state index contributed by atoms with van der Waals surface area (Å²) in [5.74, 6) is 0. The van der Waals surface area contributed by atoms with E-state index < -0.39 is 0 Å². The molecule has 2 aliphatic heterocycles. The molecule has 0 aliphatic carbocycles. The molecule has 1 unspecified atom stereocenters. The van der Waals surface area contributed by atoms with E-state index in [-0.39, 0.29) is 0 Å². The molecule has 1 N–H and O–H groups in total. The average Bonchev–Trinajstić information content (AvgIpc) is 2.86. The Morgan fingerprint density at radius 2 is 2.39 bits per heavy atom. The van der Waals surface area contributed by atoms with Crippen molar-refractivity contribution in [3.63, 3.8) is 0 Å². The number of hydrogen-bond acceptors (Lipinski definition) is 3. The van der Waals surface area contributed by atoms with E-state index in [1.165, 1.54) is 23.2 Å². The zero-order valence-corrected chi connectivity index (χ0v) is 11.1. The Hall–Kier alpha value is -1.06. The molecule has 1 aromatic rings. The molecule has 18 heavy (non-hydrogen) atoms. The normalized spacial score (nSPS) is 23.7. The summed E-state index contributed by atoms with van der Waals surface area (Å²) in [5.41, 5.74) is 4.24. The van der Waals surface area contributed by atoms with Crippen LogP contribution in [0.15, 0.2) is 18.2 Å². The number of nitrogens with zero attached hydrogens (tertiary/aromatic N) is 1. The van der Waals surface area contributed by atoms with Crippen molar-refractivity contribution < 1.29 is 4.74 Å². The third-order valence-corrected chi connectivity index (χ3v) is 3.96. The monoisotopic (exact) mass is 246 g/mol. The smallest absolute Gasteiger partial charge is 0.0700 e. The topological polar surface area (TPSA) is 24.5 Å². The van der Waals surface area contributed by atoms with Gasteiger partial charge in [-0.1, -0.05) is 19.1 Å². The second-order valence-corrected chi connectivity index (χ2v) is 5.30. The first-order valence-corrected chi connectivity index (χ1v) is 7.05. The molecule has 0 radical (unpaired) electrons. The van der Waals surface area contributed by atoms with E-state index in [9.17, 15) is 0 Å². The molecule has 3 heteroatoms. The van der Waals surface area contributed by atoms with Crippen LogP contribution < -0.4 is 5.32 Å². The summed E-state index contributed by atoms with van der Waals surface area (Å²) in [7, 11) is 0. The number of hydrogen-bond donors (Lipinski definition) is 1. The molecule has 1 saturated heterocycles. The average molecular weight is 246 g/mol. The van der Waals surface area contributed by atoms with Crippen LogP contribution in [0.4, 0.5) is 5.69 Å². The number of morpholine rings is 1. The van der Waals surface area contributed by atoms with E-state index >= 15 is 0 Å². The zero-order chi connectivity index (χ0) is 12.4. The standard InChI is InChI=1S/C15H22N2O/c1-2-14-11-17(7-8-18-14)10-12-3-4-15-13(9-12)5-6-16-15/h3-4,9,14,16H,2,5-8,10-11H2,1H3. The van der Waals surface area contributed by atoms with Crippen LogP contribution in [0.3, 0.4) is 0 Å². The molecular weight excluding hydrogens is 224 g/mol. The van der Waals surface area contributed by atoms with Gasteiger partial charge in [-0.15, -0.1) is 0 Å². The first-order valence-electron chi connectivity index (χ1n) is 7.05. The third kappa shape index (κ3) is 2.52. The molecule has 1 aromatic carbocycles. The Kier molecular flexibility index (Phi) is 3.52. The predicted octanol–water partition coefficient (Wildman–Crippen LogP) is 2.27. The summed E-state index contributed by atoms with van der Waals surface area (Å²) in [5, 5.41) is 3.41. The first-order chi connectivity index (χ1) is 8.85. The van der Waals surface area contributed by atoms with Crippen molar-refractivity contribution >= 4 is 5.69 Å². The minimum absolute atomic E-state index is 0.426. The Morgan fingerprint density at radius 1 is 1.44 bits per heavy atom. The largest absolute Gasteiger partial charge is 0.384 e. The second kappa shape index (κ2) is 5.29. The van der Waals surface area contributed by atoms with Gasteiger partial charge >= 0.3 is 0 Å². The van der Waals surface area contributed by atoms with Crippen LogP contribution in [0, 0.1) is 0 Å². The Bertz CT molecular complexity index is 419. The number of rotatable bonds is 3. The van der Waals surface area contributed by atoms with Crippen molar-refractivity contribution in [2.75, 3.05) is 31.6 Å². The minimum Gasteiger partial charge on any atom is -0.384 e. The molecule has 0 amide bonds. The van der Waals surface area contributed by atoms with Gasteiger partial charge in [0.05, 0.1) is 12.7 Å². The summed E-state index contributed by atoms with van der Waals surface area (Å²) in [4.78, 5) is 2.52. The van der Waals surface area contributed by atoms with Crippen LogP contribution in [0.5, 0.6) is 0 Å². The number of ether oxygens (including phenoxy) is 1. The number of benzene rings is 1. The first kappa shape index (κ1) is 12.0. The van der Waals surface area contributed by atoms with Gasteiger partial charge in [-0.05, 0) is 30.0 Å². The van der Waals surface area contributed by atoms with Crippen LogP contribution in [-0.4, -0.2) is 37.2 Å². The van der Waals surface area contributed by atoms with Crippen LogP contribution >= 0.6 is 0 Å². The van der Waals surface area contributed by atoms with Gasteiger partial charge in [0, 0.05) is 31.9 Å². The number of anilines is 1. The maximum absolute atomic E-state index is 5.72. The van der Waals surface area contributed by atoms with E-state index in [1.54, 1.807) is 0 Å². The highest BCUT2D eigenvalue weighted by atomic mass is 16.5. The quantitative estimate of drug-likeness (QED) is 0.885. The molecule has 0 aromatic heterocycles. The fourth-order valence-corrected chi connectivity index (χ4v) is 2.89. The van der Waals surface area contributed by atoms with E-state index in [1.807, 2.05) is 0 Å². The van der Waals surface area contributed by atoms with E-state index in [2.05, 4.69) is 35.3 Å². The molecule has 98 valence electrons. The SMILES string of the molecule is CCC1CN(Cc2ccc3c(c2)CCN3)CCO1. The molecule has 1 fully saturated rings. The lowest BCUT2D eigenvalue weighted by molar-refractivity contribution is -0.0324. The van der Waals surface area contributed by atoms with Crippen molar-refractivity contribution in [2.45, 2.75) is 32.4 Å². The lowest BCUT2D eigenvalue weighted by Crippen LogP contribution is -2.41. The Morgan fingerprint density at radius 3 is 3.28 bits per heavy atom. The summed E-state index contributed by atoms with van der Waals surface area (Å²) >= 11 is 0. The third-order valence-electron chi connectivity index (χ3n) is 3.96. The molecule has 0 saturated carbocycles. The molecular formula is C15H22N2O. The van der Waals surface area contributed by atoms with Crippen LogP contribution in [0.25, 0.3) is 0 Å². The summed E-state index contributed by atoms with van der Waals surface area (Å²) in [6.07, 6.45) is 2.71. The van der Waals surface area contributed by atoms with Gasteiger partial charge in [0.2, 0.25) is 0 Å². The zero-order valence-electron chi connectivity index (χ0n) is 11.1. The van der Waals surface area contributed by atoms with Gasteiger partial charge in [0.15, 0.2) is 0 Å².